The number of imide groups is 1. The lowest BCUT2D eigenvalue weighted by Gasteiger charge is -2.21. The third-order valence-corrected chi connectivity index (χ3v) is 7.21. The summed E-state index contributed by atoms with van der Waals surface area (Å²) in [4.78, 5) is 38.6. The minimum Gasteiger partial charge on any atom is -0.481 e. The summed E-state index contributed by atoms with van der Waals surface area (Å²) in [5, 5.41) is 22.0. The van der Waals surface area contributed by atoms with Crippen LogP contribution < -0.4 is 0 Å². The van der Waals surface area contributed by atoms with Crippen LogP contribution in [0.25, 0.3) is 11.1 Å². The maximum Gasteiger partial charge on any atom is 0.416 e. The zero-order valence-corrected chi connectivity index (χ0v) is 19.7. The summed E-state index contributed by atoms with van der Waals surface area (Å²) in [7, 11) is 0. The van der Waals surface area contributed by atoms with Crippen LogP contribution in [-0.4, -0.2) is 45.5 Å². The highest BCUT2D eigenvalue weighted by molar-refractivity contribution is 7.10. The Kier molecular flexibility index (Phi) is 7.28. The van der Waals surface area contributed by atoms with Crippen LogP contribution in [0.3, 0.4) is 0 Å². The molecule has 36 heavy (non-hydrogen) atoms. The van der Waals surface area contributed by atoms with Gasteiger partial charge >= 0.3 is 12.1 Å². The van der Waals surface area contributed by atoms with E-state index < -0.39 is 41.5 Å². The number of thiophene rings is 1. The molecular weight excluding hydrogens is 495 g/mol. The Morgan fingerprint density at radius 3 is 2.11 bits per heavy atom. The summed E-state index contributed by atoms with van der Waals surface area (Å²) in [6.07, 6.45) is -5.22. The molecule has 0 fully saturated rings. The second kappa shape index (κ2) is 10.2. The van der Waals surface area contributed by atoms with Gasteiger partial charge in [0, 0.05) is 11.4 Å². The first kappa shape index (κ1) is 25.6. The maximum atomic E-state index is 12.8. The van der Waals surface area contributed by atoms with Crippen molar-refractivity contribution in [3.63, 3.8) is 0 Å². The number of hydrogen-bond acceptors (Lipinski definition) is 5. The van der Waals surface area contributed by atoms with E-state index in [-0.39, 0.29) is 30.5 Å². The van der Waals surface area contributed by atoms with Crippen molar-refractivity contribution in [2.45, 2.75) is 31.5 Å². The number of rotatable bonds is 9. The van der Waals surface area contributed by atoms with Gasteiger partial charge in [-0.15, -0.1) is 11.3 Å². The first-order valence-corrected chi connectivity index (χ1v) is 12.1. The molecule has 2 N–H and O–H groups in total. The number of carboxylic acids is 1. The molecule has 6 nitrogen and oxygen atoms in total. The van der Waals surface area contributed by atoms with Crippen molar-refractivity contribution in [1.82, 2.24) is 4.90 Å². The van der Waals surface area contributed by atoms with Crippen molar-refractivity contribution < 1.29 is 37.8 Å². The normalized spacial score (nSPS) is 15.2. The van der Waals surface area contributed by atoms with Gasteiger partial charge < -0.3 is 10.2 Å². The Balaban J connectivity index is 1.35. The molecule has 0 bridgehead atoms. The lowest BCUT2D eigenvalue weighted by atomic mass is 9.94. The molecule has 0 saturated heterocycles. The fraction of sp³-hybridized carbons (Fsp3) is 0.269. The number of benzene rings is 2. The van der Waals surface area contributed by atoms with E-state index in [1.54, 1.807) is 35.7 Å². The topological polar surface area (TPSA) is 94.9 Å². The number of aliphatic carboxylic acids is 1. The Morgan fingerprint density at radius 1 is 0.944 bits per heavy atom. The molecule has 2 amide bonds. The summed E-state index contributed by atoms with van der Waals surface area (Å²) >= 11 is 1.37. The summed E-state index contributed by atoms with van der Waals surface area (Å²) in [5.41, 5.74) is 1.17. The van der Waals surface area contributed by atoms with Gasteiger partial charge in [-0.2, -0.15) is 13.2 Å². The highest BCUT2D eigenvalue weighted by Crippen LogP contribution is 2.33. The van der Waals surface area contributed by atoms with E-state index in [4.69, 9.17) is 0 Å². The lowest BCUT2D eigenvalue weighted by Crippen LogP contribution is -2.36. The van der Waals surface area contributed by atoms with Crippen LogP contribution >= 0.6 is 11.3 Å². The monoisotopic (exact) mass is 517 g/mol. The van der Waals surface area contributed by atoms with Crippen LogP contribution in [-0.2, 0) is 17.4 Å². The molecule has 0 saturated carbocycles. The number of aliphatic hydroxyl groups is 1. The van der Waals surface area contributed by atoms with Crippen molar-refractivity contribution >= 4 is 29.1 Å². The van der Waals surface area contributed by atoms with E-state index in [0.717, 1.165) is 27.5 Å². The highest BCUT2D eigenvalue weighted by Gasteiger charge is 2.36. The third-order valence-electron chi connectivity index (χ3n) is 6.21. The molecular formula is C26H22F3NO5S. The molecule has 0 aliphatic carbocycles. The average molecular weight is 518 g/mol. The molecule has 2 atom stereocenters. The molecule has 1 aliphatic rings. The Morgan fingerprint density at radius 2 is 1.56 bits per heavy atom. The van der Waals surface area contributed by atoms with Gasteiger partial charge in [0.2, 0.25) is 0 Å². The minimum atomic E-state index is -4.41. The number of aryl methyl sites for hydroxylation is 1. The van der Waals surface area contributed by atoms with Gasteiger partial charge in [0.15, 0.2) is 0 Å². The third kappa shape index (κ3) is 5.34. The Labute approximate surface area is 208 Å². The van der Waals surface area contributed by atoms with Gasteiger partial charge in [0.25, 0.3) is 11.8 Å². The maximum absolute atomic E-state index is 12.8. The minimum absolute atomic E-state index is 0.0940. The van der Waals surface area contributed by atoms with Gasteiger partial charge in [-0.05, 0) is 66.1 Å². The van der Waals surface area contributed by atoms with Gasteiger partial charge in [-0.1, -0.05) is 24.3 Å². The van der Waals surface area contributed by atoms with Gasteiger partial charge in [0.05, 0.1) is 28.7 Å². The first-order valence-electron chi connectivity index (χ1n) is 11.2. The van der Waals surface area contributed by atoms with E-state index >= 15 is 0 Å². The molecule has 4 rings (SSSR count). The second-order valence-electron chi connectivity index (χ2n) is 8.52. The van der Waals surface area contributed by atoms with Crippen molar-refractivity contribution in [3.8, 4) is 11.1 Å². The Hall–Kier alpha value is -3.50. The van der Waals surface area contributed by atoms with Crippen LogP contribution in [0, 0.1) is 5.92 Å². The van der Waals surface area contributed by atoms with Crippen LogP contribution in [0.4, 0.5) is 13.2 Å². The van der Waals surface area contributed by atoms with Crippen molar-refractivity contribution in [1.29, 1.82) is 0 Å². The number of amides is 2. The van der Waals surface area contributed by atoms with E-state index in [2.05, 4.69) is 0 Å². The summed E-state index contributed by atoms with van der Waals surface area (Å²) in [6.45, 7) is -0.128. The van der Waals surface area contributed by atoms with Crippen LogP contribution in [0.2, 0.25) is 0 Å². The van der Waals surface area contributed by atoms with Crippen LogP contribution in [0.5, 0.6) is 0 Å². The summed E-state index contributed by atoms with van der Waals surface area (Å²) in [5.74, 6) is -3.37. The number of aliphatic hydroxyl groups excluding tert-OH is 1. The van der Waals surface area contributed by atoms with Gasteiger partial charge in [0.1, 0.15) is 0 Å². The fourth-order valence-corrected chi connectivity index (χ4v) is 5.11. The zero-order chi connectivity index (χ0) is 26.0. The van der Waals surface area contributed by atoms with E-state index in [1.165, 1.54) is 23.5 Å². The number of nitrogens with zero attached hydrogens (tertiary/aromatic N) is 1. The van der Waals surface area contributed by atoms with E-state index in [9.17, 15) is 37.8 Å². The predicted octanol–water partition coefficient (Wildman–Crippen LogP) is 5.11. The van der Waals surface area contributed by atoms with Crippen LogP contribution in [0.1, 0.15) is 44.0 Å². The molecule has 0 spiro atoms. The molecule has 2 heterocycles. The number of carboxylic acid groups (broad SMARTS) is 1. The molecule has 1 aliphatic heterocycles. The van der Waals surface area contributed by atoms with Gasteiger partial charge in [-0.3, -0.25) is 19.3 Å². The lowest BCUT2D eigenvalue weighted by molar-refractivity contribution is -0.146. The average Bonchev–Trinajstić information content (AvgIpc) is 3.41. The largest absolute Gasteiger partial charge is 0.481 e. The fourth-order valence-electron chi connectivity index (χ4n) is 4.20. The molecule has 1 aromatic heterocycles. The van der Waals surface area contributed by atoms with Gasteiger partial charge in [-0.25, -0.2) is 0 Å². The predicted molar refractivity (Wildman–Crippen MR) is 127 cm³/mol. The van der Waals surface area contributed by atoms with Crippen molar-refractivity contribution in [2.75, 3.05) is 6.54 Å². The molecule has 0 radical (unpaired) electrons. The smallest absolute Gasteiger partial charge is 0.416 e. The number of carbonyl (C=O) groups is 3. The number of halogens is 3. The van der Waals surface area contributed by atoms with Crippen LogP contribution in [0.15, 0.2) is 60.0 Å². The number of fused-ring (bicyclic) bond motifs is 1. The standard InChI is InChI=1S/C26H22F3NO5S/c27-26(28,29)17-7-5-15(6-8-17)16-13-18(36-14-16)9-10-22(31)21(25(34)35)11-12-30-23(32)19-3-1-2-4-20(19)24(30)33/h1-8,13-14,21-22,31H,9-12H2,(H,34,35)/t21-,22-/m1/s1. The Bertz CT molecular complexity index is 1250. The van der Waals surface area contributed by atoms with E-state index in [1.807, 2.05) is 0 Å². The summed E-state index contributed by atoms with van der Waals surface area (Å²) < 4.78 is 38.3. The molecule has 3 aromatic rings. The van der Waals surface area contributed by atoms with Crippen molar-refractivity contribution in [2.24, 2.45) is 5.92 Å². The quantitative estimate of drug-likeness (QED) is 0.385. The SMILES string of the molecule is O=C(O)[C@H](CCN1C(=O)c2ccccc2C1=O)[C@H](O)CCc1cc(-c2ccc(C(F)(F)F)cc2)cs1. The summed E-state index contributed by atoms with van der Waals surface area (Å²) in [6, 6.07) is 13.0. The molecule has 188 valence electrons. The second-order valence-corrected chi connectivity index (χ2v) is 9.52. The number of carbonyl (C=O) groups excluding carboxylic acids is 2. The molecule has 2 aromatic carbocycles. The molecule has 10 heteroatoms. The molecule has 0 unspecified atom stereocenters. The number of hydrogen-bond donors (Lipinski definition) is 2. The highest BCUT2D eigenvalue weighted by atomic mass is 32.1. The zero-order valence-electron chi connectivity index (χ0n) is 18.9. The first-order chi connectivity index (χ1) is 17.1. The van der Waals surface area contributed by atoms with E-state index in [0.29, 0.717) is 12.0 Å². The number of alkyl halides is 3. The van der Waals surface area contributed by atoms with Crippen molar-refractivity contribution in [3.05, 3.63) is 81.5 Å².